The molecule has 0 aliphatic carbocycles. The van der Waals surface area contributed by atoms with Gasteiger partial charge in [0, 0.05) is 37.4 Å². The van der Waals surface area contributed by atoms with Crippen LogP contribution in [0.2, 0.25) is 5.15 Å². The largest absolute Gasteiger partial charge is 0.490 e. The summed E-state index contributed by atoms with van der Waals surface area (Å²) in [6, 6.07) is 0.507. The van der Waals surface area contributed by atoms with Gasteiger partial charge in [0.15, 0.2) is 0 Å². The van der Waals surface area contributed by atoms with Gasteiger partial charge in [0.1, 0.15) is 10.8 Å². The topological polar surface area (TPSA) is 134 Å². The van der Waals surface area contributed by atoms with Crippen LogP contribution >= 0.6 is 11.6 Å². The van der Waals surface area contributed by atoms with E-state index >= 15 is 0 Å². The number of nitrogens with one attached hydrogen (secondary N) is 1. The van der Waals surface area contributed by atoms with E-state index < -0.39 is 24.3 Å². The highest BCUT2D eigenvalue weighted by Gasteiger charge is 2.43. The van der Waals surface area contributed by atoms with Crippen molar-refractivity contribution in [2.45, 2.75) is 63.7 Å². The smallest absolute Gasteiger partial charge is 0.475 e. The first-order valence-electron chi connectivity index (χ1n) is 11.2. The van der Waals surface area contributed by atoms with Crippen molar-refractivity contribution < 1.29 is 55.6 Å². The van der Waals surface area contributed by atoms with Crippen molar-refractivity contribution in [1.29, 1.82) is 0 Å². The average molecular weight is 583 g/mol. The molecular weight excluding hydrogens is 554 g/mol. The minimum Gasteiger partial charge on any atom is -0.475 e. The van der Waals surface area contributed by atoms with Gasteiger partial charge in [-0.2, -0.15) is 26.3 Å². The standard InChI is InChI=1S/C17H27ClN4O2.2C2HF3O2/c1-12(2)22-6-7-23-11-17(10-22)5-4-14(24-17)9-20-16-19-8-13(3)15(18)21-16;2*3-2(4,5)1(6)7/h8,12,14H,4-7,9-11H2,1-3H3,(H,19,20,21);2*(H,6,7)/t14-,17-;;/m1../s1. The molecule has 2 atom stereocenters. The van der Waals surface area contributed by atoms with Crippen molar-refractivity contribution in [3.8, 4) is 0 Å². The molecule has 1 spiro atoms. The number of carboxylic acid groups (broad SMARTS) is 2. The predicted octanol–water partition coefficient (Wildman–Crippen LogP) is 3.78. The maximum absolute atomic E-state index is 10.6. The Kier molecular flexibility index (Phi) is 12.5. The SMILES string of the molecule is Cc1cnc(NC[C@H]2CC[C@@]3(COCCN(C(C)C)C3)O2)nc1Cl.O=C(O)C(F)(F)F.O=C(O)C(F)(F)F. The van der Waals surface area contributed by atoms with Crippen molar-refractivity contribution >= 4 is 29.5 Å². The van der Waals surface area contributed by atoms with Gasteiger partial charge >= 0.3 is 24.3 Å². The summed E-state index contributed by atoms with van der Waals surface area (Å²) < 4.78 is 75.7. The van der Waals surface area contributed by atoms with Gasteiger partial charge in [-0.3, -0.25) is 4.90 Å². The number of aliphatic carboxylic acids is 2. The second-order valence-corrected chi connectivity index (χ2v) is 9.09. The highest BCUT2D eigenvalue weighted by Crippen LogP contribution is 2.33. The molecule has 0 saturated carbocycles. The van der Waals surface area contributed by atoms with Crippen LogP contribution in [0.5, 0.6) is 0 Å². The molecule has 2 aliphatic rings. The Labute approximate surface area is 219 Å². The molecule has 0 unspecified atom stereocenters. The van der Waals surface area contributed by atoms with E-state index in [-0.39, 0.29) is 11.7 Å². The number of carboxylic acids is 2. The summed E-state index contributed by atoms with van der Waals surface area (Å²) in [7, 11) is 0. The number of carbonyl (C=O) groups is 2. The van der Waals surface area contributed by atoms with Crippen molar-refractivity contribution in [2.24, 2.45) is 0 Å². The maximum Gasteiger partial charge on any atom is 0.490 e. The molecule has 3 heterocycles. The number of aryl methyl sites for hydroxylation is 1. The molecule has 3 rings (SSSR count). The molecule has 17 heteroatoms. The summed E-state index contributed by atoms with van der Waals surface area (Å²) >= 11 is 6.05. The number of ether oxygens (including phenoxy) is 2. The fraction of sp³-hybridized carbons (Fsp3) is 0.714. The molecule has 0 aromatic carbocycles. The zero-order chi connectivity index (χ0) is 29.3. The quantitative estimate of drug-likeness (QED) is 0.356. The van der Waals surface area contributed by atoms with Crippen LogP contribution in [0.4, 0.5) is 32.3 Å². The number of alkyl halides is 6. The van der Waals surface area contributed by atoms with Gasteiger partial charge in [-0.25, -0.2) is 19.6 Å². The maximum atomic E-state index is 10.6. The normalized spacial score (nSPS) is 22.1. The van der Waals surface area contributed by atoms with E-state index in [0.29, 0.717) is 30.3 Å². The van der Waals surface area contributed by atoms with Gasteiger partial charge in [-0.05, 0) is 33.6 Å². The summed E-state index contributed by atoms with van der Waals surface area (Å²) in [5, 5.41) is 18.0. The summed E-state index contributed by atoms with van der Waals surface area (Å²) in [5.74, 6) is -4.96. The minimum atomic E-state index is -5.08. The highest BCUT2D eigenvalue weighted by molar-refractivity contribution is 6.30. The van der Waals surface area contributed by atoms with Crippen LogP contribution in [0.3, 0.4) is 0 Å². The Morgan fingerprint density at radius 2 is 1.76 bits per heavy atom. The lowest BCUT2D eigenvalue weighted by atomic mass is 9.99. The molecule has 0 amide bonds. The van der Waals surface area contributed by atoms with Crippen LogP contribution in [-0.4, -0.2) is 100.0 Å². The summed E-state index contributed by atoms with van der Waals surface area (Å²) in [4.78, 5) is 28.7. The first-order valence-corrected chi connectivity index (χ1v) is 11.6. The number of hydrogen-bond acceptors (Lipinski definition) is 8. The van der Waals surface area contributed by atoms with E-state index in [2.05, 4.69) is 34.0 Å². The number of hydrogen-bond donors (Lipinski definition) is 3. The third-order valence-electron chi connectivity index (χ3n) is 5.33. The molecule has 1 aromatic heterocycles. The molecule has 2 saturated heterocycles. The Morgan fingerprint density at radius 3 is 2.24 bits per heavy atom. The Morgan fingerprint density at radius 1 is 1.21 bits per heavy atom. The van der Waals surface area contributed by atoms with Crippen LogP contribution < -0.4 is 5.32 Å². The third kappa shape index (κ3) is 11.5. The molecule has 1 aromatic rings. The molecule has 3 N–H and O–H groups in total. The number of rotatable bonds is 4. The predicted molar refractivity (Wildman–Crippen MR) is 122 cm³/mol. The van der Waals surface area contributed by atoms with Crippen LogP contribution in [0.15, 0.2) is 6.20 Å². The van der Waals surface area contributed by atoms with Crippen molar-refractivity contribution in [2.75, 3.05) is 38.2 Å². The Bertz CT molecular complexity index is 912. The lowest BCUT2D eigenvalue weighted by Crippen LogP contribution is -2.47. The molecule has 2 fully saturated rings. The van der Waals surface area contributed by atoms with E-state index in [1.54, 1.807) is 6.20 Å². The molecule has 0 bridgehead atoms. The summed E-state index contributed by atoms with van der Waals surface area (Å²) in [6.45, 7) is 10.4. The molecule has 0 radical (unpaired) electrons. The van der Waals surface area contributed by atoms with Gasteiger partial charge in [0.25, 0.3) is 0 Å². The number of nitrogens with zero attached hydrogens (tertiary/aromatic N) is 3. The van der Waals surface area contributed by atoms with Crippen molar-refractivity contribution in [3.63, 3.8) is 0 Å². The number of halogens is 7. The lowest BCUT2D eigenvalue weighted by molar-refractivity contribution is -0.193. The van der Waals surface area contributed by atoms with E-state index in [9.17, 15) is 26.3 Å². The second-order valence-electron chi connectivity index (χ2n) is 8.73. The van der Waals surface area contributed by atoms with Crippen LogP contribution in [0.25, 0.3) is 0 Å². The highest BCUT2D eigenvalue weighted by atomic mass is 35.5. The van der Waals surface area contributed by atoms with Gasteiger partial charge in [-0.1, -0.05) is 11.6 Å². The van der Waals surface area contributed by atoms with Crippen molar-refractivity contribution in [1.82, 2.24) is 14.9 Å². The molecule has 218 valence electrons. The zero-order valence-electron chi connectivity index (χ0n) is 20.7. The lowest BCUT2D eigenvalue weighted by Gasteiger charge is -2.34. The third-order valence-corrected chi connectivity index (χ3v) is 5.71. The summed E-state index contributed by atoms with van der Waals surface area (Å²) in [6.07, 6.45) is -6.25. The Balaban J connectivity index is 0.000000426. The van der Waals surface area contributed by atoms with Crippen LogP contribution in [0, 0.1) is 6.92 Å². The zero-order valence-corrected chi connectivity index (χ0v) is 21.5. The van der Waals surface area contributed by atoms with E-state index in [1.807, 2.05) is 6.92 Å². The fourth-order valence-corrected chi connectivity index (χ4v) is 3.48. The molecular formula is C21H29ClF6N4O6. The van der Waals surface area contributed by atoms with E-state index in [1.165, 1.54) is 0 Å². The first-order chi connectivity index (χ1) is 17.4. The summed E-state index contributed by atoms with van der Waals surface area (Å²) in [5.41, 5.74) is 0.696. The van der Waals surface area contributed by atoms with E-state index in [0.717, 1.165) is 38.1 Å². The van der Waals surface area contributed by atoms with Gasteiger partial charge < -0.3 is 25.0 Å². The van der Waals surface area contributed by atoms with Crippen LogP contribution in [0.1, 0.15) is 32.3 Å². The molecule has 10 nitrogen and oxygen atoms in total. The van der Waals surface area contributed by atoms with Crippen LogP contribution in [-0.2, 0) is 19.1 Å². The first kappa shape index (κ1) is 33.6. The number of anilines is 1. The second kappa shape index (κ2) is 14.1. The Hall–Kier alpha value is -2.43. The number of aromatic nitrogens is 2. The average Bonchev–Trinajstić information content (AvgIpc) is 3.06. The van der Waals surface area contributed by atoms with E-state index in [4.69, 9.17) is 40.9 Å². The van der Waals surface area contributed by atoms with Gasteiger partial charge in [0.05, 0.1) is 19.3 Å². The van der Waals surface area contributed by atoms with Crippen molar-refractivity contribution in [3.05, 3.63) is 16.9 Å². The van der Waals surface area contributed by atoms with Gasteiger partial charge in [0.2, 0.25) is 5.95 Å². The molecule has 38 heavy (non-hydrogen) atoms. The monoisotopic (exact) mass is 582 g/mol. The minimum absolute atomic E-state index is 0.143. The fourth-order valence-electron chi connectivity index (χ4n) is 3.35. The van der Waals surface area contributed by atoms with Gasteiger partial charge in [-0.15, -0.1) is 0 Å². The molecule has 2 aliphatic heterocycles.